The van der Waals surface area contributed by atoms with Crippen LogP contribution in [0.15, 0.2) is 200 Å². The second kappa shape index (κ2) is 44.8. The van der Waals surface area contributed by atoms with Crippen LogP contribution in [0.1, 0.15) is 16.7 Å². The van der Waals surface area contributed by atoms with Crippen LogP contribution >= 0.6 is 23.2 Å². The van der Waals surface area contributed by atoms with Crippen molar-refractivity contribution in [3.63, 3.8) is 0 Å². The lowest BCUT2D eigenvalue weighted by atomic mass is 10.2. The van der Waals surface area contributed by atoms with Crippen molar-refractivity contribution in [3.05, 3.63) is 239 Å². The zero-order chi connectivity index (χ0) is 63.3. The van der Waals surface area contributed by atoms with Gasteiger partial charge in [-0.1, -0.05) is 89.9 Å². The first kappa shape index (κ1) is 75.4. The molecule has 0 aliphatic carbocycles. The number of hydrogen-bond donors (Lipinski definition) is 8. The van der Waals surface area contributed by atoms with Gasteiger partial charge in [0.1, 0.15) is 51.9 Å². The SMILES string of the molecule is Cc1ccccc1O[B]O.O[B]Oc1ccc(C(F)(F)F)cc1.O[B]Oc1ccc(F)cc1.O[B]Oc1cccc(C(F)(F)F)c1.O[B]Oc1cccc(Cl)c1.O[B]Oc1cccc(F)c1.O[B]Oc1ccccc1.O[B]Oc1ccccc1Cl. The number of rotatable bonds is 16. The van der Waals surface area contributed by atoms with E-state index in [0.29, 0.717) is 100 Å². The van der Waals surface area contributed by atoms with Crippen LogP contribution in [0.2, 0.25) is 10.0 Å². The molecule has 0 fully saturated rings. The fraction of sp³-hybridized carbons (Fsp3) is 0.0588. The minimum absolute atomic E-state index is 0.0580. The molecule has 0 aliphatic heterocycles. The number of hydrogen-bond acceptors (Lipinski definition) is 16. The first-order valence-corrected chi connectivity index (χ1v) is 23.9. The van der Waals surface area contributed by atoms with Crippen LogP contribution in [0.5, 0.6) is 46.0 Å². The molecule has 8 radical (unpaired) electrons. The fourth-order valence-electron chi connectivity index (χ4n) is 5.27. The van der Waals surface area contributed by atoms with Crippen LogP contribution in [0.3, 0.4) is 0 Å². The van der Waals surface area contributed by atoms with E-state index in [2.05, 4.69) is 32.6 Å². The Morgan fingerprint density at radius 1 is 0.318 bits per heavy atom. The number of benzene rings is 8. The maximum absolute atomic E-state index is 12.3. The summed E-state index contributed by atoms with van der Waals surface area (Å²) < 4.78 is 133. The average Bonchev–Trinajstić information content (AvgIpc) is 3.48. The van der Waals surface area contributed by atoms with Gasteiger partial charge in [0.05, 0.1) is 21.9 Å². The quantitative estimate of drug-likeness (QED) is 0.0334. The molecule has 16 nitrogen and oxygen atoms in total. The molecule has 0 atom stereocenters. The summed E-state index contributed by atoms with van der Waals surface area (Å²) in [7, 11) is 4.35. The van der Waals surface area contributed by atoms with Gasteiger partial charge in [-0.05, 0) is 140 Å². The molecule has 0 unspecified atom stereocenters. The number of alkyl halides is 6. The van der Waals surface area contributed by atoms with Crippen molar-refractivity contribution in [1.82, 2.24) is 0 Å². The van der Waals surface area contributed by atoms with Crippen molar-refractivity contribution in [2.75, 3.05) is 0 Å². The Morgan fingerprint density at radius 3 is 1.13 bits per heavy atom. The molecule has 0 saturated heterocycles. The summed E-state index contributed by atoms with van der Waals surface area (Å²) in [6.07, 6.45) is -8.74. The third kappa shape index (κ3) is 36.0. The van der Waals surface area contributed by atoms with E-state index >= 15 is 0 Å². The monoisotopic (exact) mass is 1220 g/mol. The molecule has 0 aliphatic rings. The molecule has 8 N–H and O–H groups in total. The molecular formula is C51H44B8Cl2F8O16. The Balaban J connectivity index is 0.000000487. The Bertz CT molecular complexity index is 2890. The number of halogens is 10. The zero-order valence-corrected chi connectivity index (χ0v) is 45.3. The smallest absolute Gasteiger partial charge is 0.537 e. The van der Waals surface area contributed by atoms with Gasteiger partial charge < -0.3 is 77.4 Å². The lowest BCUT2D eigenvalue weighted by Gasteiger charge is -2.08. The van der Waals surface area contributed by atoms with Gasteiger partial charge in [-0.25, -0.2) is 8.78 Å². The summed E-state index contributed by atoms with van der Waals surface area (Å²) in [6.45, 7) is 1.92. The van der Waals surface area contributed by atoms with E-state index in [1.807, 2.05) is 43.3 Å². The average molecular weight is 1220 g/mol. The zero-order valence-electron chi connectivity index (χ0n) is 43.8. The summed E-state index contributed by atoms with van der Waals surface area (Å²) in [5.74, 6) is 2.36. The summed E-state index contributed by atoms with van der Waals surface area (Å²) in [6, 6.07) is 49.2. The second-order valence-corrected chi connectivity index (χ2v) is 15.6. The first-order valence-electron chi connectivity index (χ1n) is 23.1. The molecule has 34 heteroatoms. The van der Waals surface area contributed by atoms with Crippen LogP contribution < -0.4 is 37.2 Å². The maximum atomic E-state index is 12.3. The van der Waals surface area contributed by atoms with Crippen molar-refractivity contribution >= 4 is 84.7 Å². The Hall–Kier alpha value is -7.62. The van der Waals surface area contributed by atoms with E-state index in [1.165, 1.54) is 60.7 Å². The van der Waals surface area contributed by atoms with Crippen LogP contribution in [-0.4, -0.2) is 102 Å². The third-order valence-electron chi connectivity index (χ3n) is 8.91. The predicted octanol–water partition coefficient (Wildman–Crippen LogP) is 8.67. The third-order valence-corrected chi connectivity index (χ3v) is 9.46. The van der Waals surface area contributed by atoms with Crippen molar-refractivity contribution in [2.45, 2.75) is 19.3 Å². The number of aryl methyl sites for hydroxylation is 1. The molecule has 8 aromatic rings. The van der Waals surface area contributed by atoms with Crippen molar-refractivity contribution < 1.29 is 113 Å². The van der Waals surface area contributed by atoms with Crippen LogP contribution in [0, 0.1) is 18.6 Å². The normalized spacial score (nSPS) is 9.59. The minimum Gasteiger partial charge on any atom is -0.537 e. The van der Waals surface area contributed by atoms with Gasteiger partial charge in [0.2, 0.25) is 0 Å². The highest BCUT2D eigenvalue weighted by Gasteiger charge is 2.31. The second-order valence-electron chi connectivity index (χ2n) is 14.7. The summed E-state index contributed by atoms with van der Waals surface area (Å²) >= 11 is 11.3. The van der Waals surface area contributed by atoms with E-state index in [-0.39, 0.29) is 28.9 Å². The summed E-state index contributed by atoms with van der Waals surface area (Å²) in [5, 5.41) is 66.6. The van der Waals surface area contributed by atoms with Crippen LogP contribution in [0.25, 0.3) is 0 Å². The van der Waals surface area contributed by atoms with Gasteiger partial charge in [0, 0.05) is 11.1 Å². The van der Waals surface area contributed by atoms with E-state index in [4.69, 9.17) is 68.0 Å². The molecule has 8 rings (SSSR count). The number of para-hydroxylation sites is 3. The van der Waals surface area contributed by atoms with E-state index in [1.54, 1.807) is 66.7 Å². The minimum atomic E-state index is -4.39. The maximum Gasteiger partial charge on any atom is 0.569 e. The Labute approximate surface area is 499 Å². The van der Waals surface area contributed by atoms with Crippen molar-refractivity contribution in [3.8, 4) is 46.0 Å². The Kier molecular flexibility index (Phi) is 39.8. The molecule has 438 valence electrons. The van der Waals surface area contributed by atoms with Crippen LogP contribution in [0.4, 0.5) is 35.1 Å². The molecular weight excluding hydrogens is 1180 g/mol. The molecule has 0 heterocycles. The first-order chi connectivity index (χ1) is 40.7. The van der Waals surface area contributed by atoms with Gasteiger partial charge in [0.25, 0.3) is 0 Å². The molecule has 8 aromatic carbocycles. The van der Waals surface area contributed by atoms with Gasteiger partial charge in [-0.3, -0.25) is 0 Å². The van der Waals surface area contributed by atoms with Crippen molar-refractivity contribution in [1.29, 1.82) is 0 Å². The molecule has 85 heavy (non-hydrogen) atoms. The molecule has 0 bridgehead atoms. The lowest BCUT2D eigenvalue weighted by Crippen LogP contribution is -2.06. The highest BCUT2D eigenvalue weighted by Crippen LogP contribution is 2.32. The molecule has 0 aromatic heterocycles. The lowest BCUT2D eigenvalue weighted by molar-refractivity contribution is -0.138. The summed E-state index contributed by atoms with van der Waals surface area (Å²) in [4.78, 5) is 0. The van der Waals surface area contributed by atoms with Gasteiger partial charge in [-0.2, -0.15) is 26.3 Å². The van der Waals surface area contributed by atoms with Gasteiger partial charge in [0.15, 0.2) is 0 Å². The standard InChI is InChI=1S/2C7H5BF3O2.C7H8BO2.2C6H5BClO2.2C6H5BFO2.C6H6BO2/c9-7(10,11)5-1-3-6(4-2-5)13-8-12;9-7(10,11)5-2-1-3-6(4-5)13-8-12;1-6-4-2-3-5-7(6)10-8-9;8-5-2-1-3-6(4-5)10-7-9;8-5-3-1-2-4-6(5)10-7-9;8-5-1-3-6(4-2-5)10-7-9;8-5-2-1-3-6(4-5)10-7-9;8-7-9-6-4-2-1-3-5-6/h2*1-4,12H;2-5,9H,1H3;4*1-4,9H;1-5,8H. The molecule has 0 amide bonds. The summed E-state index contributed by atoms with van der Waals surface area (Å²) in [5.41, 5.74) is -0.558. The molecule has 0 saturated carbocycles. The van der Waals surface area contributed by atoms with Gasteiger partial charge in [-0.15, -0.1) is 0 Å². The van der Waals surface area contributed by atoms with Crippen LogP contribution in [-0.2, 0) is 12.4 Å². The van der Waals surface area contributed by atoms with E-state index in [9.17, 15) is 35.1 Å². The Morgan fingerprint density at radius 2 is 0.682 bits per heavy atom. The predicted molar refractivity (Wildman–Crippen MR) is 305 cm³/mol. The molecule has 0 spiro atoms. The fourth-order valence-corrected chi connectivity index (χ4v) is 5.63. The van der Waals surface area contributed by atoms with Gasteiger partial charge >= 0.3 is 73.8 Å². The topological polar surface area (TPSA) is 236 Å². The highest BCUT2D eigenvalue weighted by atomic mass is 35.5. The van der Waals surface area contributed by atoms with E-state index < -0.39 is 23.5 Å². The van der Waals surface area contributed by atoms with E-state index in [0.717, 1.165) is 42.0 Å². The van der Waals surface area contributed by atoms with Crippen molar-refractivity contribution in [2.24, 2.45) is 0 Å². The highest BCUT2D eigenvalue weighted by molar-refractivity contribution is 6.32. The largest absolute Gasteiger partial charge is 0.569 e.